The fourth-order valence-corrected chi connectivity index (χ4v) is 2.87. The molecule has 1 aromatic carbocycles. The Bertz CT molecular complexity index is 757. The Morgan fingerprint density at radius 1 is 1.19 bits per heavy atom. The van der Waals surface area contributed by atoms with Crippen molar-refractivity contribution in [3.05, 3.63) is 39.6 Å². The lowest BCUT2D eigenvalue weighted by Crippen LogP contribution is -2.16. The highest BCUT2D eigenvalue weighted by atomic mass is 79.9. The van der Waals surface area contributed by atoms with Gasteiger partial charge in [0.05, 0.1) is 0 Å². The summed E-state index contributed by atoms with van der Waals surface area (Å²) in [6.07, 6.45) is 0. The molecule has 0 spiro atoms. The van der Waals surface area contributed by atoms with Gasteiger partial charge in [-0.2, -0.15) is 9.61 Å². The Morgan fingerprint density at radius 2 is 1.90 bits per heavy atom. The average molecular weight is 367 g/mol. The summed E-state index contributed by atoms with van der Waals surface area (Å²) in [6.45, 7) is 6.72. The molecule has 0 N–H and O–H groups in total. The van der Waals surface area contributed by atoms with E-state index in [-0.39, 0.29) is 5.41 Å². The number of ether oxygens (including phenoxy) is 1. The number of hydrogen-bond acceptors (Lipinski definition) is 5. The van der Waals surface area contributed by atoms with Crippen LogP contribution in [0.15, 0.2) is 28.7 Å². The molecule has 0 bridgehead atoms. The van der Waals surface area contributed by atoms with Gasteiger partial charge in [0.25, 0.3) is 0 Å². The second kappa shape index (κ2) is 5.38. The number of fused-ring (bicyclic) bond motifs is 1. The summed E-state index contributed by atoms with van der Waals surface area (Å²) >= 11 is 4.90. The second-order valence-electron chi connectivity index (χ2n) is 5.71. The highest BCUT2D eigenvalue weighted by Gasteiger charge is 2.23. The van der Waals surface area contributed by atoms with Crippen molar-refractivity contribution in [1.29, 1.82) is 0 Å². The molecule has 0 unspecified atom stereocenters. The maximum Gasteiger partial charge on any atom is 0.234 e. The number of hydrogen-bond donors (Lipinski definition) is 0. The quantitative estimate of drug-likeness (QED) is 0.706. The summed E-state index contributed by atoms with van der Waals surface area (Å²) in [6, 6.07) is 7.74. The topological polar surface area (TPSA) is 52.3 Å². The van der Waals surface area contributed by atoms with Crippen molar-refractivity contribution in [2.24, 2.45) is 0 Å². The van der Waals surface area contributed by atoms with E-state index in [1.54, 1.807) is 0 Å². The van der Waals surface area contributed by atoms with Crippen LogP contribution in [0.5, 0.6) is 5.75 Å². The molecule has 5 nitrogen and oxygen atoms in total. The fourth-order valence-electron chi connectivity index (χ4n) is 1.86. The highest BCUT2D eigenvalue weighted by Crippen LogP contribution is 2.24. The minimum atomic E-state index is -0.0860. The molecule has 2 heterocycles. The van der Waals surface area contributed by atoms with E-state index < -0.39 is 0 Å². The van der Waals surface area contributed by atoms with Gasteiger partial charge in [-0.25, -0.2) is 0 Å². The van der Waals surface area contributed by atoms with E-state index in [1.165, 1.54) is 11.3 Å². The van der Waals surface area contributed by atoms with Crippen molar-refractivity contribution in [3.63, 3.8) is 0 Å². The molecule has 3 rings (SSSR count). The van der Waals surface area contributed by atoms with Crippen molar-refractivity contribution in [2.75, 3.05) is 0 Å². The Labute approximate surface area is 135 Å². The normalized spacial score (nSPS) is 12.0. The largest absolute Gasteiger partial charge is 0.486 e. The average Bonchev–Trinajstić information content (AvgIpc) is 2.96. The molecule has 0 amide bonds. The van der Waals surface area contributed by atoms with Gasteiger partial charge in [0, 0.05) is 9.89 Å². The molecular formula is C14H15BrN4OS. The van der Waals surface area contributed by atoms with E-state index in [4.69, 9.17) is 4.74 Å². The first-order valence-electron chi connectivity index (χ1n) is 6.53. The predicted octanol–water partition coefficient (Wildman–Crippen LogP) is 3.82. The molecule has 3 aromatic rings. The van der Waals surface area contributed by atoms with Crippen LogP contribution in [0.1, 0.15) is 31.6 Å². The van der Waals surface area contributed by atoms with E-state index in [1.807, 2.05) is 28.8 Å². The van der Waals surface area contributed by atoms with Gasteiger partial charge in [0.1, 0.15) is 12.4 Å². The third-order valence-electron chi connectivity index (χ3n) is 2.88. The molecule has 7 heteroatoms. The number of nitrogens with zero attached hydrogens (tertiary/aromatic N) is 4. The van der Waals surface area contributed by atoms with Gasteiger partial charge >= 0.3 is 0 Å². The Morgan fingerprint density at radius 3 is 2.57 bits per heavy atom. The summed E-state index contributed by atoms with van der Waals surface area (Å²) in [7, 11) is 0. The molecule has 0 saturated heterocycles. The molecule has 0 aliphatic heterocycles. The van der Waals surface area contributed by atoms with Crippen molar-refractivity contribution in [2.45, 2.75) is 32.8 Å². The van der Waals surface area contributed by atoms with Crippen molar-refractivity contribution < 1.29 is 4.74 Å². The third kappa shape index (κ3) is 3.08. The van der Waals surface area contributed by atoms with Gasteiger partial charge < -0.3 is 4.74 Å². The van der Waals surface area contributed by atoms with Crippen LogP contribution in [0, 0.1) is 0 Å². The summed E-state index contributed by atoms with van der Waals surface area (Å²) in [5.41, 5.74) is -0.0860. The maximum absolute atomic E-state index is 5.74. The second-order valence-corrected chi connectivity index (χ2v) is 7.66. The van der Waals surface area contributed by atoms with Gasteiger partial charge in [0.15, 0.2) is 10.8 Å². The molecule has 110 valence electrons. The Kier molecular flexibility index (Phi) is 3.71. The summed E-state index contributed by atoms with van der Waals surface area (Å²) in [5, 5.41) is 13.8. The van der Waals surface area contributed by atoms with Crippen LogP contribution in [-0.2, 0) is 12.0 Å². The van der Waals surface area contributed by atoms with E-state index in [0.29, 0.717) is 6.61 Å². The first kappa shape index (κ1) is 14.5. The highest BCUT2D eigenvalue weighted by molar-refractivity contribution is 9.10. The van der Waals surface area contributed by atoms with Crippen molar-refractivity contribution in [3.8, 4) is 5.75 Å². The van der Waals surface area contributed by atoms with E-state index >= 15 is 0 Å². The SMILES string of the molecule is CC(C)(C)c1nnc2sc(COc3ccc(Br)cc3)nn12. The standard InChI is InChI=1S/C14H15BrN4OS/c1-14(2,3)12-16-17-13-19(12)18-11(21-13)8-20-10-6-4-9(15)5-7-10/h4-7H,8H2,1-3H3. The molecule has 0 atom stereocenters. The fraction of sp³-hybridized carbons (Fsp3) is 0.357. The van der Waals surface area contributed by atoms with Crippen LogP contribution in [0.25, 0.3) is 4.96 Å². The molecule has 2 aromatic heterocycles. The van der Waals surface area contributed by atoms with E-state index in [9.17, 15) is 0 Å². The molecule has 0 aliphatic rings. The van der Waals surface area contributed by atoms with Gasteiger partial charge in [-0.15, -0.1) is 10.2 Å². The molecule has 0 aliphatic carbocycles. The minimum absolute atomic E-state index is 0.0860. The predicted molar refractivity (Wildman–Crippen MR) is 85.8 cm³/mol. The van der Waals surface area contributed by atoms with Crippen LogP contribution in [0.2, 0.25) is 0 Å². The molecule has 21 heavy (non-hydrogen) atoms. The summed E-state index contributed by atoms with van der Waals surface area (Å²) in [4.78, 5) is 0.800. The first-order chi connectivity index (χ1) is 9.93. The molecule has 0 fully saturated rings. The third-order valence-corrected chi connectivity index (χ3v) is 4.28. The van der Waals surface area contributed by atoms with Crippen LogP contribution in [-0.4, -0.2) is 19.8 Å². The van der Waals surface area contributed by atoms with Crippen LogP contribution in [0.3, 0.4) is 0 Å². The number of aromatic nitrogens is 4. The van der Waals surface area contributed by atoms with Gasteiger partial charge in [-0.1, -0.05) is 48.0 Å². The van der Waals surface area contributed by atoms with Gasteiger partial charge in [-0.3, -0.25) is 0 Å². The lowest BCUT2D eigenvalue weighted by atomic mass is 9.96. The summed E-state index contributed by atoms with van der Waals surface area (Å²) < 4.78 is 8.58. The van der Waals surface area contributed by atoms with Crippen LogP contribution < -0.4 is 4.74 Å². The number of halogens is 1. The minimum Gasteiger partial charge on any atom is -0.486 e. The molecule has 0 radical (unpaired) electrons. The van der Waals surface area contributed by atoms with Crippen LogP contribution >= 0.6 is 27.3 Å². The lowest BCUT2D eigenvalue weighted by molar-refractivity contribution is 0.303. The van der Waals surface area contributed by atoms with Crippen molar-refractivity contribution in [1.82, 2.24) is 19.8 Å². The zero-order valence-corrected chi connectivity index (χ0v) is 14.4. The van der Waals surface area contributed by atoms with Crippen LogP contribution in [0.4, 0.5) is 0 Å². The van der Waals surface area contributed by atoms with E-state index in [2.05, 4.69) is 52.0 Å². The lowest BCUT2D eigenvalue weighted by Gasteiger charge is -2.13. The maximum atomic E-state index is 5.74. The zero-order valence-electron chi connectivity index (χ0n) is 12.0. The Balaban J connectivity index is 1.79. The Hall–Kier alpha value is -1.47. The number of benzene rings is 1. The first-order valence-corrected chi connectivity index (χ1v) is 8.14. The van der Waals surface area contributed by atoms with Gasteiger partial charge in [-0.05, 0) is 24.3 Å². The summed E-state index contributed by atoms with van der Waals surface area (Å²) in [5.74, 6) is 1.68. The zero-order chi connectivity index (χ0) is 15.0. The smallest absolute Gasteiger partial charge is 0.234 e. The monoisotopic (exact) mass is 366 g/mol. The molecule has 0 saturated carbocycles. The van der Waals surface area contributed by atoms with Crippen molar-refractivity contribution >= 4 is 32.2 Å². The van der Waals surface area contributed by atoms with E-state index in [0.717, 1.165) is 26.0 Å². The van der Waals surface area contributed by atoms with Gasteiger partial charge in [0.2, 0.25) is 4.96 Å². The molecular weight excluding hydrogens is 352 g/mol. The number of rotatable bonds is 3.